The molecule has 1 fully saturated rings. The van der Waals surface area contributed by atoms with Gasteiger partial charge in [-0.3, -0.25) is 4.79 Å². The van der Waals surface area contributed by atoms with E-state index in [2.05, 4.69) is 17.4 Å². The normalized spacial score (nSPS) is 18.0. The standard InChI is InChI=1S/C21H25ClN2O3S/c22-19-10-12-20(13-11-19)28(26,27)24-15-5-9-18(16-24)21(25)23-14-4-8-17-6-2-1-3-7-17/h1-3,6-7,10-13,18H,4-5,8-9,14-16H2,(H,23,25)/t18-/m1/s1. The summed E-state index contributed by atoms with van der Waals surface area (Å²) in [5, 5.41) is 3.46. The number of halogens is 1. The lowest BCUT2D eigenvalue weighted by atomic mass is 9.99. The lowest BCUT2D eigenvalue weighted by Crippen LogP contribution is -2.45. The van der Waals surface area contributed by atoms with Gasteiger partial charge in [-0.15, -0.1) is 0 Å². The van der Waals surface area contributed by atoms with Gasteiger partial charge in [0.25, 0.3) is 0 Å². The molecule has 0 spiro atoms. The molecule has 2 aromatic rings. The number of aryl methyl sites for hydroxylation is 1. The van der Waals surface area contributed by atoms with Crippen molar-refractivity contribution in [1.82, 2.24) is 9.62 Å². The third-order valence-corrected chi connectivity index (χ3v) is 7.12. The van der Waals surface area contributed by atoms with Crippen LogP contribution in [-0.4, -0.2) is 38.3 Å². The number of carbonyl (C=O) groups is 1. The first kappa shape index (κ1) is 20.8. The van der Waals surface area contributed by atoms with Gasteiger partial charge in [0.1, 0.15) is 0 Å². The molecule has 1 atom stereocenters. The van der Waals surface area contributed by atoms with Crippen LogP contribution in [0.4, 0.5) is 0 Å². The lowest BCUT2D eigenvalue weighted by Gasteiger charge is -2.31. The third kappa shape index (κ3) is 5.34. The molecule has 5 nitrogen and oxygen atoms in total. The van der Waals surface area contributed by atoms with Crippen LogP contribution in [0.25, 0.3) is 0 Å². The summed E-state index contributed by atoms with van der Waals surface area (Å²) in [5.41, 5.74) is 1.25. The second-order valence-corrected chi connectivity index (χ2v) is 9.41. The monoisotopic (exact) mass is 420 g/mol. The smallest absolute Gasteiger partial charge is 0.243 e. The Balaban J connectivity index is 1.52. The lowest BCUT2D eigenvalue weighted by molar-refractivity contribution is -0.126. The highest BCUT2D eigenvalue weighted by molar-refractivity contribution is 7.89. The van der Waals surface area contributed by atoms with E-state index in [0.717, 1.165) is 12.8 Å². The van der Waals surface area contributed by atoms with Crippen molar-refractivity contribution in [1.29, 1.82) is 0 Å². The SMILES string of the molecule is O=C(NCCCc1ccccc1)[C@@H]1CCCN(S(=O)(=O)c2ccc(Cl)cc2)C1. The quantitative estimate of drug-likeness (QED) is 0.697. The van der Waals surface area contributed by atoms with Gasteiger partial charge < -0.3 is 5.32 Å². The molecular weight excluding hydrogens is 396 g/mol. The molecular formula is C21H25ClN2O3S. The molecule has 0 bridgehead atoms. The van der Waals surface area contributed by atoms with Crippen molar-refractivity contribution in [3.63, 3.8) is 0 Å². The van der Waals surface area contributed by atoms with Crippen LogP contribution in [0.5, 0.6) is 0 Å². The fourth-order valence-electron chi connectivity index (χ4n) is 3.42. The predicted molar refractivity (Wildman–Crippen MR) is 111 cm³/mol. The number of hydrogen-bond donors (Lipinski definition) is 1. The molecule has 28 heavy (non-hydrogen) atoms. The maximum absolute atomic E-state index is 12.8. The number of benzene rings is 2. The van der Waals surface area contributed by atoms with Crippen LogP contribution >= 0.6 is 11.6 Å². The fraction of sp³-hybridized carbons (Fsp3) is 0.381. The van der Waals surface area contributed by atoms with Gasteiger partial charge in [-0.25, -0.2) is 8.42 Å². The number of sulfonamides is 1. The minimum atomic E-state index is -3.61. The largest absolute Gasteiger partial charge is 0.356 e. The highest BCUT2D eigenvalue weighted by Crippen LogP contribution is 2.24. The molecule has 0 saturated carbocycles. The zero-order chi connectivity index (χ0) is 20.0. The highest BCUT2D eigenvalue weighted by atomic mass is 35.5. The van der Waals surface area contributed by atoms with E-state index in [9.17, 15) is 13.2 Å². The molecule has 1 aliphatic heterocycles. The molecule has 0 radical (unpaired) electrons. The Bertz CT molecular complexity index is 886. The van der Waals surface area contributed by atoms with E-state index in [0.29, 0.717) is 31.0 Å². The van der Waals surface area contributed by atoms with E-state index in [1.807, 2.05) is 18.2 Å². The summed E-state index contributed by atoms with van der Waals surface area (Å²) in [6, 6.07) is 16.3. The van der Waals surface area contributed by atoms with Crippen molar-refractivity contribution in [2.75, 3.05) is 19.6 Å². The molecule has 1 saturated heterocycles. The van der Waals surface area contributed by atoms with E-state index < -0.39 is 10.0 Å². The summed E-state index contributed by atoms with van der Waals surface area (Å²) in [5.74, 6) is -0.378. The van der Waals surface area contributed by atoms with Gasteiger partial charge in [-0.2, -0.15) is 4.31 Å². The molecule has 1 heterocycles. The maximum Gasteiger partial charge on any atom is 0.243 e. The number of hydrogen-bond acceptors (Lipinski definition) is 3. The number of nitrogens with zero attached hydrogens (tertiary/aromatic N) is 1. The number of piperidine rings is 1. The molecule has 2 aromatic carbocycles. The van der Waals surface area contributed by atoms with Crippen LogP contribution < -0.4 is 5.32 Å². The Kier molecular flexibility index (Phi) is 7.10. The van der Waals surface area contributed by atoms with Gasteiger partial charge in [-0.1, -0.05) is 41.9 Å². The minimum Gasteiger partial charge on any atom is -0.356 e. The van der Waals surface area contributed by atoms with Crippen molar-refractivity contribution >= 4 is 27.5 Å². The molecule has 1 amide bonds. The maximum atomic E-state index is 12.8. The Labute approximate surface area is 171 Å². The number of nitrogens with one attached hydrogen (secondary N) is 1. The van der Waals surface area contributed by atoms with Crippen molar-refractivity contribution in [2.45, 2.75) is 30.6 Å². The topological polar surface area (TPSA) is 66.5 Å². The van der Waals surface area contributed by atoms with Gasteiger partial charge in [0.2, 0.25) is 15.9 Å². The van der Waals surface area contributed by atoms with Crippen LogP contribution in [0.15, 0.2) is 59.5 Å². The summed E-state index contributed by atoms with van der Waals surface area (Å²) < 4.78 is 27.1. The van der Waals surface area contributed by atoms with Crippen molar-refractivity contribution < 1.29 is 13.2 Å². The van der Waals surface area contributed by atoms with Crippen molar-refractivity contribution in [3.05, 3.63) is 65.2 Å². The van der Waals surface area contributed by atoms with Gasteiger partial charge in [0, 0.05) is 24.7 Å². The number of rotatable bonds is 7. The third-order valence-electron chi connectivity index (χ3n) is 4.99. The molecule has 150 valence electrons. The second-order valence-electron chi connectivity index (χ2n) is 7.04. The van der Waals surface area contributed by atoms with Crippen LogP contribution in [-0.2, 0) is 21.2 Å². The highest BCUT2D eigenvalue weighted by Gasteiger charge is 2.33. The number of amides is 1. The first-order valence-electron chi connectivity index (χ1n) is 9.54. The van der Waals surface area contributed by atoms with Crippen LogP contribution in [0, 0.1) is 5.92 Å². The van der Waals surface area contributed by atoms with Crippen LogP contribution in [0.1, 0.15) is 24.8 Å². The molecule has 7 heteroatoms. The van der Waals surface area contributed by atoms with Crippen LogP contribution in [0.2, 0.25) is 5.02 Å². The summed E-state index contributed by atoms with van der Waals surface area (Å²) in [7, 11) is -3.61. The van der Waals surface area contributed by atoms with E-state index in [1.165, 1.54) is 22.0 Å². The molecule has 1 aliphatic rings. The van der Waals surface area contributed by atoms with E-state index in [1.54, 1.807) is 12.1 Å². The average molecular weight is 421 g/mol. The molecule has 3 rings (SSSR count). The summed E-state index contributed by atoms with van der Waals surface area (Å²) in [6.07, 6.45) is 3.14. The molecule has 1 N–H and O–H groups in total. The Morgan fingerprint density at radius 3 is 2.54 bits per heavy atom. The van der Waals surface area contributed by atoms with Crippen molar-refractivity contribution in [2.24, 2.45) is 5.92 Å². The minimum absolute atomic E-state index is 0.0657. The Hall–Kier alpha value is -1.89. The molecule has 0 aliphatic carbocycles. The summed E-state index contributed by atoms with van der Waals surface area (Å²) >= 11 is 5.85. The predicted octanol–water partition coefficient (Wildman–Crippen LogP) is 3.49. The van der Waals surface area contributed by atoms with Crippen LogP contribution in [0.3, 0.4) is 0 Å². The summed E-state index contributed by atoms with van der Waals surface area (Å²) in [4.78, 5) is 12.7. The molecule has 0 unspecified atom stereocenters. The number of carbonyl (C=O) groups excluding carboxylic acids is 1. The van der Waals surface area contributed by atoms with Gasteiger partial charge in [0.15, 0.2) is 0 Å². The van der Waals surface area contributed by atoms with Crippen molar-refractivity contribution in [3.8, 4) is 0 Å². The van der Waals surface area contributed by atoms with E-state index in [4.69, 9.17) is 11.6 Å². The fourth-order valence-corrected chi connectivity index (χ4v) is 5.07. The Morgan fingerprint density at radius 2 is 1.82 bits per heavy atom. The first-order valence-corrected chi connectivity index (χ1v) is 11.4. The van der Waals surface area contributed by atoms with E-state index in [-0.39, 0.29) is 23.3 Å². The zero-order valence-electron chi connectivity index (χ0n) is 15.7. The first-order chi connectivity index (χ1) is 13.5. The average Bonchev–Trinajstić information content (AvgIpc) is 2.72. The van der Waals surface area contributed by atoms with Gasteiger partial charge >= 0.3 is 0 Å². The zero-order valence-corrected chi connectivity index (χ0v) is 17.3. The van der Waals surface area contributed by atoms with E-state index >= 15 is 0 Å². The molecule has 0 aromatic heterocycles. The second kappa shape index (κ2) is 9.54. The summed E-state index contributed by atoms with van der Waals surface area (Å²) in [6.45, 7) is 1.24. The van der Waals surface area contributed by atoms with Gasteiger partial charge in [0.05, 0.1) is 10.8 Å². The van der Waals surface area contributed by atoms with Gasteiger partial charge in [-0.05, 0) is 55.5 Å². The Morgan fingerprint density at radius 1 is 1.11 bits per heavy atom.